The van der Waals surface area contributed by atoms with Crippen LogP contribution in [0.15, 0.2) is 58.5 Å². The van der Waals surface area contributed by atoms with Gasteiger partial charge in [0.2, 0.25) is 0 Å². The van der Waals surface area contributed by atoms with E-state index in [0.717, 1.165) is 5.56 Å². The summed E-state index contributed by atoms with van der Waals surface area (Å²) in [7, 11) is -4.12. The second-order valence-corrected chi connectivity index (χ2v) is 14.7. The van der Waals surface area contributed by atoms with Crippen molar-refractivity contribution in [3.8, 4) is 0 Å². The molecule has 3 rings (SSSR count). The molecule has 1 saturated carbocycles. The first kappa shape index (κ1) is 32.6. The minimum Gasteiger partial charge on any atom is -0.460 e. The summed E-state index contributed by atoms with van der Waals surface area (Å²) in [6.07, 6.45) is -0.304. The molecule has 2 N–H and O–H groups in total. The van der Waals surface area contributed by atoms with Crippen molar-refractivity contribution in [3.05, 3.63) is 64.7 Å². The molecule has 0 saturated heterocycles. The summed E-state index contributed by atoms with van der Waals surface area (Å²) in [5.74, 6) is -4.93. The highest BCUT2D eigenvalue weighted by molar-refractivity contribution is 7.89. The molecule has 0 amide bonds. The zero-order valence-corrected chi connectivity index (χ0v) is 26.3. The van der Waals surface area contributed by atoms with E-state index in [9.17, 15) is 23.1 Å². The van der Waals surface area contributed by atoms with Crippen LogP contribution < -0.4 is 4.83 Å². The lowest BCUT2D eigenvalue weighted by Crippen LogP contribution is -2.56. The Bertz CT molecular complexity index is 1400. The molecule has 9 nitrogen and oxygen atoms in total. The Labute approximate surface area is 247 Å². The molecular weight excluding hydrogens is 568 g/mol. The largest absolute Gasteiger partial charge is 0.460 e. The minimum absolute atomic E-state index is 0.0136. The molecule has 0 aliphatic heterocycles. The third-order valence-corrected chi connectivity index (χ3v) is 7.98. The number of halogens is 1. The van der Waals surface area contributed by atoms with Gasteiger partial charge in [-0.2, -0.15) is 13.5 Å². The van der Waals surface area contributed by atoms with Crippen LogP contribution >= 0.6 is 11.6 Å². The quantitative estimate of drug-likeness (QED) is 0.344. The molecule has 4 atom stereocenters. The van der Waals surface area contributed by atoms with Crippen LogP contribution in [0.3, 0.4) is 0 Å². The molecule has 11 heteroatoms. The number of hydrogen-bond acceptors (Lipinski definition) is 8. The van der Waals surface area contributed by atoms with Gasteiger partial charge in [0.15, 0.2) is 0 Å². The highest BCUT2D eigenvalue weighted by atomic mass is 35.5. The summed E-state index contributed by atoms with van der Waals surface area (Å²) < 4.78 is 37.6. The molecule has 2 aromatic rings. The van der Waals surface area contributed by atoms with Crippen molar-refractivity contribution in [2.24, 2.45) is 16.9 Å². The van der Waals surface area contributed by atoms with E-state index in [4.69, 9.17) is 21.1 Å². The lowest BCUT2D eigenvalue weighted by Gasteiger charge is -2.46. The molecule has 0 heterocycles. The number of benzene rings is 2. The first-order valence-electron chi connectivity index (χ1n) is 13.3. The van der Waals surface area contributed by atoms with E-state index < -0.39 is 56.5 Å². The van der Waals surface area contributed by atoms with Crippen LogP contribution in [0.1, 0.15) is 71.9 Å². The molecular formula is C30H39ClN2O7S. The number of carbonyl (C=O) groups excluding carboxylic acids is 2. The zero-order valence-electron chi connectivity index (χ0n) is 24.7. The first-order chi connectivity index (χ1) is 18.7. The second-order valence-electron chi connectivity index (χ2n) is 12.6. The maximum absolute atomic E-state index is 13.8. The Morgan fingerprint density at radius 3 is 1.98 bits per heavy atom. The first-order valence-corrected chi connectivity index (χ1v) is 15.1. The van der Waals surface area contributed by atoms with Gasteiger partial charge in [-0.1, -0.05) is 41.4 Å². The predicted octanol–water partition coefficient (Wildman–Crippen LogP) is 5.14. The summed E-state index contributed by atoms with van der Waals surface area (Å²) in [4.78, 5) is 29.7. The number of ether oxygens (including phenoxy) is 2. The van der Waals surface area contributed by atoms with Crippen LogP contribution in [0.5, 0.6) is 0 Å². The maximum Gasteiger partial charge on any atom is 0.315 e. The van der Waals surface area contributed by atoms with Crippen molar-refractivity contribution in [2.75, 3.05) is 0 Å². The SMILES string of the molecule is Cc1ccc(S(=O)(=O)N/N=C2/C[C@@](C)(O)[C@@H](C(=O)OC(C)(C)C)[C@H](c3ccc(Cl)cc3)[C@@H]2C(=O)OC(C)(C)C)cc1. The molecule has 224 valence electrons. The fourth-order valence-corrected chi connectivity index (χ4v) is 5.82. The average molecular weight is 607 g/mol. The van der Waals surface area contributed by atoms with Crippen LogP contribution in [0, 0.1) is 18.8 Å². The molecule has 2 aromatic carbocycles. The number of aryl methyl sites for hydroxylation is 1. The lowest BCUT2D eigenvalue weighted by molar-refractivity contribution is -0.175. The van der Waals surface area contributed by atoms with Crippen molar-refractivity contribution < 1.29 is 32.6 Å². The Morgan fingerprint density at radius 2 is 1.46 bits per heavy atom. The molecule has 1 fully saturated rings. The molecule has 1 aliphatic carbocycles. The summed E-state index contributed by atoms with van der Waals surface area (Å²) in [5, 5.41) is 16.3. The second kappa shape index (κ2) is 11.7. The topological polar surface area (TPSA) is 131 Å². The zero-order chi connectivity index (χ0) is 31.0. The highest BCUT2D eigenvalue weighted by Crippen LogP contribution is 2.48. The number of nitrogens with one attached hydrogen (secondary N) is 1. The Balaban J connectivity index is 2.21. The maximum atomic E-state index is 13.8. The smallest absolute Gasteiger partial charge is 0.315 e. The number of esters is 2. The molecule has 1 aliphatic rings. The summed E-state index contributed by atoms with van der Waals surface area (Å²) in [6.45, 7) is 13.5. The van der Waals surface area contributed by atoms with Gasteiger partial charge < -0.3 is 14.6 Å². The van der Waals surface area contributed by atoms with E-state index in [1.54, 1.807) is 77.9 Å². The number of aliphatic hydroxyl groups is 1. The van der Waals surface area contributed by atoms with Gasteiger partial charge in [0.05, 0.1) is 22.1 Å². The van der Waals surface area contributed by atoms with Crippen LogP contribution in [0.4, 0.5) is 0 Å². The molecule has 41 heavy (non-hydrogen) atoms. The van der Waals surface area contributed by atoms with Crippen molar-refractivity contribution in [1.29, 1.82) is 0 Å². The summed E-state index contributed by atoms with van der Waals surface area (Å²) in [6, 6.07) is 12.7. The van der Waals surface area contributed by atoms with Gasteiger partial charge in [-0.3, -0.25) is 9.59 Å². The van der Waals surface area contributed by atoms with E-state index >= 15 is 0 Å². The van der Waals surface area contributed by atoms with Gasteiger partial charge in [-0.25, -0.2) is 4.83 Å². The number of hydrazone groups is 1. The third kappa shape index (κ3) is 8.30. The van der Waals surface area contributed by atoms with Gasteiger partial charge >= 0.3 is 11.9 Å². The van der Waals surface area contributed by atoms with E-state index in [-0.39, 0.29) is 17.0 Å². The fourth-order valence-electron chi connectivity index (χ4n) is 4.85. The van der Waals surface area contributed by atoms with Crippen molar-refractivity contribution in [2.45, 2.75) is 89.4 Å². The number of sulfonamides is 1. The molecule has 0 bridgehead atoms. The lowest BCUT2D eigenvalue weighted by atomic mass is 9.61. The summed E-state index contributed by atoms with van der Waals surface area (Å²) in [5.41, 5.74) is -2.18. The minimum atomic E-state index is -4.12. The highest BCUT2D eigenvalue weighted by Gasteiger charge is 2.57. The predicted molar refractivity (Wildman–Crippen MR) is 157 cm³/mol. The van der Waals surface area contributed by atoms with Crippen molar-refractivity contribution >= 4 is 39.3 Å². The Kier molecular flexibility index (Phi) is 9.32. The van der Waals surface area contributed by atoms with Gasteiger partial charge in [0, 0.05) is 17.4 Å². The number of rotatable bonds is 6. The number of carbonyl (C=O) groups is 2. The average Bonchev–Trinajstić information content (AvgIpc) is 2.80. The number of hydrogen-bond donors (Lipinski definition) is 2. The number of nitrogens with zero attached hydrogens (tertiary/aromatic N) is 1. The van der Waals surface area contributed by atoms with Crippen molar-refractivity contribution in [1.82, 2.24) is 4.83 Å². The fraction of sp³-hybridized carbons (Fsp3) is 0.500. The normalized spacial score (nSPS) is 24.5. The van der Waals surface area contributed by atoms with Gasteiger partial charge in [0.1, 0.15) is 17.1 Å². The molecule has 0 radical (unpaired) electrons. The van der Waals surface area contributed by atoms with E-state index in [2.05, 4.69) is 9.93 Å². The standard InChI is InChI=1S/C30H39ClN2O7S/c1-18-9-15-21(16-10-18)41(37,38)33-32-22-17-30(8,36)25(27(35)40-29(5,6)7)23(19-11-13-20(31)14-12-19)24(22)26(34)39-28(2,3)4/h9-16,23-25,33,36H,17H2,1-8H3/b32-22-/t23-,24-,25-,30-/m1/s1. The molecule has 0 aromatic heterocycles. The van der Waals surface area contributed by atoms with Crippen LogP contribution in [0.25, 0.3) is 0 Å². The molecule has 0 unspecified atom stereocenters. The van der Waals surface area contributed by atoms with Crippen LogP contribution in [0.2, 0.25) is 5.02 Å². The van der Waals surface area contributed by atoms with Crippen LogP contribution in [-0.2, 0) is 29.1 Å². The van der Waals surface area contributed by atoms with Gasteiger partial charge in [0.25, 0.3) is 10.0 Å². The summed E-state index contributed by atoms with van der Waals surface area (Å²) >= 11 is 6.14. The van der Waals surface area contributed by atoms with Crippen LogP contribution in [-0.4, -0.2) is 48.0 Å². The van der Waals surface area contributed by atoms with E-state index in [1.165, 1.54) is 19.1 Å². The van der Waals surface area contributed by atoms with E-state index in [1.807, 2.05) is 6.92 Å². The van der Waals surface area contributed by atoms with Crippen molar-refractivity contribution in [3.63, 3.8) is 0 Å². The van der Waals surface area contributed by atoms with Gasteiger partial charge in [-0.05, 0) is 85.2 Å². The van der Waals surface area contributed by atoms with E-state index in [0.29, 0.717) is 10.6 Å². The van der Waals surface area contributed by atoms with Gasteiger partial charge in [-0.15, -0.1) is 0 Å². The molecule has 0 spiro atoms. The monoisotopic (exact) mass is 606 g/mol. The Hall–Kier alpha value is -2.95. The third-order valence-electron chi connectivity index (χ3n) is 6.50. The Morgan fingerprint density at radius 1 is 0.951 bits per heavy atom.